The van der Waals surface area contributed by atoms with Crippen LogP contribution in [0.3, 0.4) is 0 Å². The number of rotatable bonds is 5. The second kappa shape index (κ2) is 4.88. The van der Waals surface area contributed by atoms with E-state index in [0.29, 0.717) is 6.42 Å². The Hall–Kier alpha value is -1.02. The molecular weight excluding hydrogens is 200 g/mol. The monoisotopic (exact) mass is 220 g/mol. The molecule has 1 aliphatic rings. The molecule has 1 aromatic carbocycles. The van der Waals surface area contributed by atoms with Crippen LogP contribution in [-0.4, -0.2) is 18.3 Å². The van der Waals surface area contributed by atoms with Gasteiger partial charge < -0.3 is 9.84 Å². The first-order valence-corrected chi connectivity index (χ1v) is 6.05. The van der Waals surface area contributed by atoms with Crippen molar-refractivity contribution in [2.45, 2.75) is 33.1 Å². The van der Waals surface area contributed by atoms with E-state index >= 15 is 0 Å². The Morgan fingerprint density at radius 2 is 2.06 bits per heavy atom. The minimum Gasteiger partial charge on any atom is -0.493 e. The molecule has 1 N–H and O–H groups in total. The van der Waals surface area contributed by atoms with Crippen LogP contribution >= 0.6 is 0 Å². The van der Waals surface area contributed by atoms with Gasteiger partial charge in [-0.1, -0.05) is 12.1 Å². The summed E-state index contributed by atoms with van der Waals surface area (Å²) in [5.74, 6) is 1.77. The Morgan fingerprint density at radius 3 is 2.69 bits per heavy atom. The highest BCUT2D eigenvalue weighted by molar-refractivity contribution is 5.45. The fraction of sp³-hybridized carbons (Fsp3) is 0.571. The SMILES string of the molecule is Cc1ccc(CCO)c(OCC2CC2)c1C. The number of aryl methyl sites for hydroxylation is 1. The molecule has 2 rings (SSSR count). The summed E-state index contributed by atoms with van der Waals surface area (Å²) >= 11 is 0. The van der Waals surface area contributed by atoms with Crippen molar-refractivity contribution in [1.82, 2.24) is 0 Å². The van der Waals surface area contributed by atoms with Gasteiger partial charge in [0.1, 0.15) is 5.75 Å². The van der Waals surface area contributed by atoms with Gasteiger partial charge >= 0.3 is 0 Å². The second-order valence-electron chi connectivity index (χ2n) is 4.72. The van der Waals surface area contributed by atoms with Gasteiger partial charge in [0.2, 0.25) is 0 Å². The molecule has 1 saturated carbocycles. The van der Waals surface area contributed by atoms with E-state index in [-0.39, 0.29) is 6.61 Å². The lowest BCUT2D eigenvalue weighted by molar-refractivity contribution is 0.280. The zero-order valence-electron chi connectivity index (χ0n) is 10.1. The number of ether oxygens (including phenoxy) is 1. The molecule has 1 aromatic rings. The molecule has 0 amide bonds. The maximum Gasteiger partial charge on any atom is 0.125 e. The van der Waals surface area contributed by atoms with Crippen LogP contribution in [0.1, 0.15) is 29.5 Å². The smallest absolute Gasteiger partial charge is 0.125 e. The van der Waals surface area contributed by atoms with Gasteiger partial charge in [-0.05, 0) is 55.7 Å². The fourth-order valence-electron chi connectivity index (χ4n) is 1.85. The number of aliphatic hydroxyl groups excluding tert-OH is 1. The van der Waals surface area contributed by atoms with Crippen LogP contribution in [0.5, 0.6) is 5.75 Å². The van der Waals surface area contributed by atoms with Crippen molar-refractivity contribution in [2.75, 3.05) is 13.2 Å². The molecule has 0 heterocycles. The van der Waals surface area contributed by atoms with E-state index in [0.717, 1.165) is 23.8 Å². The second-order valence-corrected chi connectivity index (χ2v) is 4.72. The average Bonchev–Trinajstić information content (AvgIpc) is 3.07. The summed E-state index contributed by atoms with van der Waals surface area (Å²) in [7, 11) is 0. The molecule has 1 aliphatic carbocycles. The van der Waals surface area contributed by atoms with E-state index in [4.69, 9.17) is 9.84 Å². The van der Waals surface area contributed by atoms with Crippen LogP contribution in [0.4, 0.5) is 0 Å². The summed E-state index contributed by atoms with van der Waals surface area (Å²) in [6, 6.07) is 4.17. The maximum absolute atomic E-state index is 9.04. The van der Waals surface area contributed by atoms with E-state index in [1.54, 1.807) is 0 Å². The molecule has 88 valence electrons. The van der Waals surface area contributed by atoms with Crippen molar-refractivity contribution in [2.24, 2.45) is 5.92 Å². The van der Waals surface area contributed by atoms with Crippen LogP contribution in [0, 0.1) is 19.8 Å². The number of benzene rings is 1. The standard InChI is InChI=1S/C14H20O2/c1-10-3-6-13(7-8-15)14(11(10)2)16-9-12-4-5-12/h3,6,12,15H,4-5,7-9H2,1-2H3. The molecule has 0 atom stereocenters. The van der Waals surface area contributed by atoms with Crippen molar-refractivity contribution in [3.05, 3.63) is 28.8 Å². The summed E-state index contributed by atoms with van der Waals surface area (Å²) in [5.41, 5.74) is 3.60. The van der Waals surface area contributed by atoms with Crippen molar-refractivity contribution >= 4 is 0 Å². The molecular formula is C14H20O2. The Labute approximate surface area is 97.3 Å². The van der Waals surface area contributed by atoms with E-state index < -0.39 is 0 Å². The third-order valence-electron chi connectivity index (χ3n) is 3.30. The Balaban J connectivity index is 2.18. The summed E-state index contributed by atoms with van der Waals surface area (Å²) in [4.78, 5) is 0. The summed E-state index contributed by atoms with van der Waals surface area (Å²) in [6.07, 6.45) is 3.29. The Bertz CT molecular complexity index is 367. The van der Waals surface area contributed by atoms with E-state index in [9.17, 15) is 0 Å². The molecule has 1 fully saturated rings. The predicted octanol–water partition coefficient (Wildman–Crippen LogP) is 2.63. The first kappa shape index (κ1) is 11.5. The van der Waals surface area contributed by atoms with E-state index in [1.165, 1.54) is 24.0 Å². The lowest BCUT2D eigenvalue weighted by Gasteiger charge is -2.15. The predicted molar refractivity (Wildman–Crippen MR) is 64.9 cm³/mol. The van der Waals surface area contributed by atoms with Crippen molar-refractivity contribution < 1.29 is 9.84 Å². The van der Waals surface area contributed by atoms with Crippen LogP contribution in [0.15, 0.2) is 12.1 Å². The average molecular weight is 220 g/mol. The third kappa shape index (κ3) is 2.56. The molecule has 0 radical (unpaired) electrons. The molecule has 0 bridgehead atoms. The zero-order chi connectivity index (χ0) is 11.5. The number of aliphatic hydroxyl groups is 1. The van der Waals surface area contributed by atoms with E-state index in [1.807, 2.05) is 0 Å². The van der Waals surface area contributed by atoms with Gasteiger partial charge in [0.15, 0.2) is 0 Å². The molecule has 0 saturated heterocycles. The highest BCUT2D eigenvalue weighted by Crippen LogP contribution is 2.32. The molecule has 0 unspecified atom stereocenters. The molecule has 2 heteroatoms. The van der Waals surface area contributed by atoms with Gasteiger partial charge in [0.25, 0.3) is 0 Å². The minimum atomic E-state index is 0.183. The summed E-state index contributed by atoms with van der Waals surface area (Å²) < 4.78 is 5.91. The molecule has 16 heavy (non-hydrogen) atoms. The van der Waals surface area contributed by atoms with Crippen molar-refractivity contribution in [3.63, 3.8) is 0 Å². The molecule has 2 nitrogen and oxygen atoms in total. The maximum atomic E-state index is 9.04. The van der Waals surface area contributed by atoms with Gasteiger partial charge in [0.05, 0.1) is 6.61 Å². The van der Waals surface area contributed by atoms with Gasteiger partial charge in [-0.15, -0.1) is 0 Å². The van der Waals surface area contributed by atoms with Crippen LogP contribution in [0.25, 0.3) is 0 Å². The highest BCUT2D eigenvalue weighted by atomic mass is 16.5. The third-order valence-corrected chi connectivity index (χ3v) is 3.30. The van der Waals surface area contributed by atoms with Crippen molar-refractivity contribution in [1.29, 1.82) is 0 Å². The topological polar surface area (TPSA) is 29.5 Å². The summed E-state index contributed by atoms with van der Waals surface area (Å²) in [5, 5.41) is 9.04. The van der Waals surface area contributed by atoms with Gasteiger partial charge in [-0.2, -0.15) is 0 Å². The van der Waals surface area contributed by atoms with E-state index in [2.05, 4.69) is 26.0 Å². The lowest BCUT2D eigenvalue weighted by atomic mass is 10.0. The molecule has 0 spiro atoms. The first-order chi connectivity index (χ1) is 7.72. The minimum absolute atomic E-state index is 0.183. The largest absolute Gasteiger partial charge is 0.493 e. The quantitative estimate of drug-likeness (QED) is 0.826. The number of hydrogen-bond acceptors (Lipinski definition) is 2. The van der Waals surface area contributed by atoms with Crippen molar-refractivity contribution in [3.8, 4) is 5.75 Å². The van der Waals surface area contributed by atoms with Crippen LogP contribution in [-0.2, 0) is 6.42 Å². The fourth-order valence-corrected chi connectivity index (χ4v) is 1.85. The first-order valence-electron chi connectivity index (χ1n) is 6.05. The highest BCUT2D eigenvalue weighted by Gasteiger charge is 2.22. The molecule has 0 aliphatic heterocycles. The number of hydrogen-bond donors (Lipinski definition) is 1. The van der Waals surface area contributed by atoms with Gasteiger partial charge in [-0.3, -0.25) is 0 Å². The molecule has 0 aromatic heterocycles. The normalized spacial score (nSPS) is 15.2. The van der Waals surface area contributed by atoms with Gasteiger partial charge in [-0.25, -0.2) is 0 Å². The van der Waals surface area contributed by atoms with Crippen LogP contribution < -0.4 is 4.74 Å². The van der Waals surface area contributed by atoms with Gasteiger partial charge in [0, 0.05) is 6.61 Å². The lowest BCUT2D eigenvalue weighted by Crippen LogP contribution is -2.05. The van der Waals surface area contributed by atoms with Crippen LogP contribution in [0.2, 0.25) is 0 Å². The summed E-state index contributed by atoms with van der Waals surface area (Å²) in [6.45, 7) is 5.21. The Kier molecular flexibility index (Phi) is 3.49. The Morgan fingerprint density at radius 1 is 1.31 bits per heavy atom. The zero-order valence-corrected chi connectivity index (χ0v) is 10.1.